The van der Waals surface area contributed by atoms with Gasteiger partial charge in [0.1, 0.15) is 0 Å². The number of carboxylic acid groups (broad SMARTS) is 2. The molecular formula is C32H64CaO7S. The Morgan fingerprint density at radius 1 is 0.561 bits per heavy atom. The molecule has 7 nitrogen and oxygen atoms in total. The molecule has 0 aromatic rings. The molecule has 0 fully saturated rings. The van der Waals surface area contributed by atoms with E-state index in [0.29, 0.717) is 0 Å². The molecule has 0 rings (SSSR count). The van der Waals surface area contributed by atoms with Gasteiger partial charge in [-0.15, -0.1) is 0 Å². The maximum atomic E-state index is 10.2. The predicted molar refractivity (Wildman–Crippen MR) is 174 cm³/mol. The summed E-state index contributed by atoms with van der Waals surface area (Å²) >= 11 is 0. The van der Waals surface area contributed by atoms with Crippen molar-refractivity contribution in [3.63, 3.8) is 0 Å². The normalized spacial score (nSPS) is 11.3. The van der Waals surface area contributed by atoms with Crippen LogP contribution in [0.3, 0.4) is 0 Å². The summed E-state index contributed by atoms with van der Waals surface area (Å²) in [5.41, 5.74) is 0. The van der Waals surface area contributed by atoms with Crippen molar-refractivity contribution in [2.75, 3.05) is 0 Å². The van der Waals surface area contributed by atoms with Crippen LogP contribution in [0.25, 0.3) is 0 Å². The number of hydrogen-bond donors (Lipinski definition) is 3. The van der Waals surface area contributed by atoms with Crippen LogP contribution in [0.4, 0.5) is 0 Å². The van der Waals surface area contributed by atoms with Gasteiger partial charge in [0.05, 0.1) is 6.42 Å². The van der Waals surface area contributed by atoms with Crippen LogP contribution in [0, 0.1) is 13.8 Å². The standard InChI is InChI=1S/2C14H29.C4H6O7S.Ca/c2*1-3-5-7-9-11-13-14-12-10-8-6-4-2;5-3(6)1-2(4(7)8)12(9,10)11;/h2*1,3-14H2,2H3;2H,1H2,(H,5,6)(H,7,8)(H,9,10,11);/q2*-1;;+2. The molecule has 0 saturated carbocycles. The second-order valence-electron chi connectivity index (χ2n) is 10.7. The van der Waals surface area contributed by atoms with E-state index < -0.39 is 33.7 Å². The van der Waals surface area contributed by atoms with E-state index >= 15 is 0 Å². The minimum Gasteiger partial charge on any atom is -0.481 e. The predicted octanol–water partition coefficient (Wildman–Crippen LogP) is 9.46. The zero-order valence-electron chi connectivity index (χ0n) is 26.8. The molecule has 0 spiro atoms. The Hall–Kier alpha value is 0.110. The van der Waals surface area contributed by atoms with Gasteiger partial charge >= 0.3 is 49.7 Å². The molecule has 41 heavy (non-hydrogen) atoms. The van der Waals surface area contributed by atoms with Gasteiger partial charge in [-0.25, -0.2) is 0 Å². The summed E-state index contributed by atoms with van der Waals surface area (Å²) in [5.74, 6) is -3.50. The SMILES string of the molecule is O=C(O)CC(C(=O)O)S(=O)(=O)O.[CH2-]CCCCCCCCCCCCC.[CH2-]CCCCCCCCCCCCC.[Ca+2]. The summed E-state index contributed by atoms with van der Waals surface area (Å²) in [6, 6.07) is 0. The zero-order chi connectivity index (χ0) is 30.9. The van der Waals surface area contributed by atoms with Gasteiger partial charge in [-0.1, -0.05) is 155 Å². The second kappa shape index (κ2) is 38.1. The van der Waals surface area contributed by atoms with Gasteiger partial charge in [0.2, 0.25) is 0 Å². The molecule has 1 unspecified atom stereocenters. The van der Waals surface area contributed by atoms with Crippen LogP contribution in [-0.4, -0.2) is 78.1 Å². The summed E-state index contributed by atoms with van der Waals surface area (Å²) in [7, 11) is -4.84. The Labute approximate surface area is 284 Å². The molecule has 0 bridgehead atoms. The van der Waals surface area contributed by atoms with Gasteiger partial charge in [-0.05, 0) is 0 Å². The first-order chi connectivity index (χ1) is 19.1. The van der Waals surface area contributed by atoms with Crippen molar-refractivity contribution in [1.29, 1.82) is 0 Å². The van der Waals surface area contributed by atoms with E-state index in [-0.39, 0.29) is 37.7 Å². The first kappa shape index (κ1) is 48.0. The molecule has 3 N–H and O–H groups in total. The molecule has 0 radical (unpaired) electrons. The number of rotatable bonds is 26. The summed E-state index contributed by atoms with van der Waals surface area (Å²) in [5, 5.41) is 13.9. The maximum absolute atomic E-state index is 10.2. The van der Waals surface area contributed by atoms with Crippen LogP contribution < -0.4 is 0 Å². The summed E-state index contributed by atoms with van der Waals surface area (Å²) in [6.45, 7) is 12.3. The monoisotopic (exact) mass is 632 g/mol. The molecule has 0 saturated heterocycles. The largest absolute Gasteiger partial charge is 2.00 e. The second-order valence-corrected chi connectivity index (χ2v) is 12.3. The average Bonchev–Trinajstić information content (AvgIpc) is 2.89. The quantitative estimate of drug-likeness (QED) is 0.0375. The van der Waals surface area contributed by atoms with E-state index in [1.165, 1.54) is 141 Å². The van der Waals surface area contributed by atoms with Crippen molar-refractivity contribution < 1.29 is 32.8 Å². The van der Waals surface area contributed by atoms with Crippen LogP contribution in [-0.2, 0) is 19.7 Å². The molecule has 0 heterocycles. The van der Waals surface area contributed by atoms with Gasteiger partial charge in [0.15, 0.2) is 5.25 Å². The van der Waals surface area contributed by atoms with E-state index in [4.69, 9.17) is 14.8 Å². The number of carbonyl (C=O) groups is 2. The Balaban J connectivity index is -0.000000248. The fourth-order valence-electron chi connectivity index (χ4n) is 4.16. The molecule has 0 aromatic heterocycles. The van der Waals surface area contributed by atoms with Gasteiger partial charge in [0.25, 0.3) is 10.1 Å². The Morgan fingerprint density at radius 3 is 0.951 bits per heavy atom. The summed E-state index contributed by atoms with van der Waals surface area (Å²) < 4.78 is 28.7. The third kappa shape index (κ3) is 44.7. The van der Waals surface area contributed by atoms with E-state index in [9.17, 15) is 18.0 Å². The number of carboxylic acids is 2. The Morgan fingerprint density at radius 2 is 0.805 bits per heavy atom. The zero-order valence-corrected chi connectivity index (χ0v) is 29.8. The smallest absolute Gasteiger partial charge is 0.481 e. The third-order valence-electron chi connectivity index (χ3n) is 6.70. The number of aliphatic carboxylic acids is 2. The molecular weight excluding hydrogens is 568 g/mol. The molecule has 0 aliphatic heterocycles. The van der Waals surface area contributed by atoms with E-state index in [0.717, 1.165) is 12.8 Å². The van der Waals surface area contributed by atoms with Crippen molar-refractivity contribution in [3.8, 4) is 0 Å². The van der Waals surface area contributed by atoms with Crippen LogP contribution in [0.15, 0.2) is 0 Å². The molecule has 1 atom stereocenters. The van der Waals surface area contributed by atoms with Crippen LogP contribution >= 0.6 is 0 Å². The van der Waals surface area contributed by atoms with Crippen molar-refractivity contribution in [3.05, 3.63) is 13.8 Å². The van der Waals surface area contributed by atoms with Gasteiger partial charge in [0, 0.05) is 0 Å². The van der Waals surface area contributed by atoms with E-state index in [1.807, 2.05) is 0 Å². The van der Waals surface area contributed by atoms with Crippen molar-refractivity contribution in [1.82, 2.24) is 0 Å². The fourth-order valence-corrected chi connectivity index (χ4v) is 4.77. The fraction of sp³-hybridized carbons (Fsp3) is 0.875. The first-order valence-corrected chi connectivity index (χ1v) is 17.6. The molecule has 0 amide bonds. The van der Waals surface area contributed by atoms with Crippen molar-refractivity contribution >= 4 is 59.8 Å². The number of hydrogen-bond acceptors (Lipinski definition) is 4. The third-order valence-corrected chi connectivity index (χ3v) is 7.79. The summed E-state index contributed by atoms with van der Waals surface area (Å²) in [6.07, 6.45) is 32.6. The number of unbranched alkanes of at least 4 members (excludes halogenated alkanes) is 22. The minimum atomic E-state index is -4.84. The van der Waals surface area contributed by atoms with Crippen molar-refractivity contribution in [2.45, 2.75) is 180 Å². The molecule has 9 heteroatoms. The van der Waals surface area contributed by atoms with E-state index in [2.05, 4.69) is 27.7 Å². The average molecular weight is 633 g/mol. The summed E-state index contributed by atoms with van der Waals surface area (Å²) in [4.78, 5) is 20.0. The molecule has 0 aromatic carbocycles. The van der Waals surface area contributed by atoms with E-state index in [1.54, 1.807) is 0 Å². The first-order valence-electron chi connectivity index (χ1n) is 16.1. The maximum Gasteiger partial charge on any atom is 2.00 e. The topological polar surface area (TPSA) is 129 Å². The molecule has 0 aliphatic carbocycles. The van der Waals surface area contributed by atoms with Crippen LogP contribution in [0.1, 0.15) is 174 Å². The molecule has 0 aliphatic rings. The Bertz CT molecular complexity index is 594. The van der Waals surface area contributed by atoms with Gasteiger partial charge in [-0.3, -0.25) is 14.1 Å². The molecule has 242 valence electrons. The minimum absolute atomic E-state index is 0. The Kier molecular flexibility index (Phi) is 44.7. The van der Waals surface area contributed by atoms with Crippen LogP contribution in [0.5, 0.6) is 0 Å². The van der Waals surface area contributed by atoms with Crippen LogP contribution in [0.2, 0.25) is 0 Å². The van der Waals surface area contributed by atoms with Gasteiger partial charge in [-0.2, -0.15) is 21.3 Å². The van der Waals surface area contributed by atoms with Crippen molar-refractivity contribution in [2.24, 2.45) is 0 Å². The van der Waals surface area contributed by atoms with Gasteiger partial charge < -0.3 is 24.1 Å².